The Labute approximate surface area is 217 Å². The number of unbranched alkanes of at least 4 members (excludes halogenated alkanes) is 3. The molecule has 0 aliphatic heterocycles. The Morgan fingerprint density at radius 3 is 2.43 bits per heavy atom. The van der Waals surface area contributed by atoms with E-state index in [4.69, 9.17) is 19.6 Å². The third-order valence-corrected chi connectivity index (χ3v) is 6.56. The van der Waals surface area contributed by atoms with Gasteiger partial charge in [0.2, 0.25) is 17.4 Å². The van der Waals surface area contributed by atoms with Crippen molar-refractivity contribution in [3.8, 4) is 22.6 Å². The Hall–Kier alpha value is -3.50. The van der Waals surface area contributed by atoms with Gasteiger partial charge in [-0.3, -0.25) is 4.98 Å². The first-order valence-electron chi connectivity index (χ1n) is 13.0. The van der Waals surface area contributed by atoms with Crippen LogP contribution in [0.3, 0.4) is 0 Å². The standard InChI is InChI=1S/C27H36N8O2/c1-5-7-9-18-35-23(29-26(32-35)27(36-3,37-4)16-8-6-2)19-20-12-14-21(15-13-20)24-22(11-10-17-28-24)25-30-33-34-31-25/h10-15,17H,5-9,16,18-19H2,1-4H3,(H,30,31,33,34). The average molecular weight is 505 g/mol. The van der Waals surface area contributed by atoms with Crippen LogP contribution in [0.4, 0.5) is 0 Å². The minimum absolute atomic E-state index is 0.516. The number of benzene rings is 1. The summed E-state index contributed by atoms with van der Waals surface area (Å²) in [6.07, 6.45) is 8.46. The first-order chi connectivity index (χ1) is 18.1. The van der Waals surface area contributed by atoms with Gasteiger partial charge in [0.05, 0.1) is 5.69 Å². The highest BCUT2D eigenvalue weighted by Gasteiger charge is 2.37. The lowest BCUT2D eigenvalue weighted by Gasteiger charge is -2.27. The lowest BCUT2D eigenvalue weighted by molar-refractivity contribution is -0.226. The van der Waals surface area contributed by atoms with Gasteiger partial charge in [-0.25, -0.2) is 9.67 Å². The topological polar surface area (TPSA) is 117 Å². The highest BCUT2D eigenvalue weighted by molar-refractivity contribution is 5.76. The summed E-state index contributed by atoms with van der Waals surface area (Å²) in [5, 5.41) is 19.3. The molecule has 10 heteroatoms. The summed E-state index contributed by atoms with van der Waals surface area (Å²) < 4.78 is 13.7. The zero-order valence-corrected chi connectivity index (χ0v) is 22.1. The number of pyridine rings is 1. The zero-order chi connectivity index (χ0) is 26.1. The summed E-state index contributed by atoms with van der Waals surface area (Å²) in [4.78, 5) is 9.51. The van der Waals surface area contributed by atoms with Crippen molar-refractivity contribution in [1.29, 1.82) is 0 Å². The van der Waals surface area contributed by atoms with Gasteiger partial charge < -0.3 is 9.47 Å². The Morgan fingerprint density at radius 2 is 1.76 bits per heavy atom. The third kappa shape index (κ3) is 6.08. The SMILES string of the molecule is CCCCCn1nc(C(CCCC)(OC)OC)nc1Cc1ccc(-c2ncccc2-c2nn[nH]n2)cc1. The molecule has 37 heavy (non-hydrogen) atoms. The lowest BCUT2D eigenvalue weighted by Crippen LogP contribution is -2.32. The molecule has 0 saturated carbocycles. The molecule has 0 spiro atoms. The zero-order valence-electron chi connectivity index (χ0n) is 22.1. The van der Waals surface area contributed by atoms with Crippen LogP contribution in [0.2, 0.25) is 0 Å². The third-order valence-electron chi connectivity index (χ3n) is 6.56. The van der Waals surface area contributed by atoms with Gasteiger partial charge in [0.15, 0.2) is 0 Å². The minimum atomic E-state index is -0.935. The van der Waals surface area contributed by atoms with Crippen molar-refractivity contribution >= 4 is 0 Å². The molecule has 196 valence electrons. The molecule has 1 aromatic carbocycles. The van der Waals surface area contributed by atoms with E-state index < -0.39 is 5.79 Å². The smallest absolute Gasteiger partial charge is 0.231 e. The van der Waals surface area contributed by atoms with E-state index in [2.05, 4.69) is 63.7 Å². The van der Waals surface area contributed by atoms with E-state index >= 15 is 0 Å². The monoisotopic (exact) mass is 504 g/mol. The molecule has 0 amide bonds. The molecule has 0 aliphatic carbocycles. The number of rotatable bonds is 14. The summed E-state index contributed by atoms with van der Waals surface area (Å²) in [5.74, 6) is 1.07. The fourth-order valence-electron chi connectivity index (χ4n) is 4.40. The molecule has 0 aliphatic rings. The molecule has 0 unspecified atom stereocenters. The number of nitrogens with zero attached hydrogens (tertiary/aromatic N) is 7. The number of nitrogens with one attached hydrogen (secondary N) is 1. The highest BCUT2D eigenvalue weighted by atomic mass is 16.7. The molecule has 3 heterocycles. The Morgan fingerprint density at radius 1 is 0.973 bits per heavy atom. The molecule has 4 rings (SSSR count). The molecule has 0 bridgehead atoms. The molecule has 4 aromatic rings. The van der Waals surface area contributed by atoms with E-state index in [0.29, 0.717) is 24.5 Å². The maximum atomic E-state index is 5.84. The van der Waals surface area contributed by atoms with E-state index in [0.717, 1.165) is 66.9 Å². The van der Waals surface area contributed by atoms with Crippen molar-refractivity contribution in [1.82, 2.24) is 40.4 Å². The number of aryl methyl sites for hydroxylation is 1. The average Bonchev–Trinajstić information content (AvgIpc) is 3.62. The number of methoxy groups -OCH3 is 2. The van der Waals surface area contributed by atoms with Crippen molar-refractivity contribution in [3.63, 3.8) is 0 Å². The predicted octanol–water partition coefficient (Wildman–Crippen LogP) is 4.94. The maximum Gasteiger partial charge on any atom is 0.231 e. The number of hydrogen-bond donors (Lipinski definition) is 1. The number of aromatic amines is 1. The second kappa shape index (κ2) is 12.6. The summed E-state index contributed by atoms with van der Waals surface area (Å²) in [6, 6.07) is 12.1. The molecule has 10 nitrogen and oxygen atoms in total. The fraction of sp³-hybridized carbons (Fsp3) is 0.481. The van der Waals surface area contributed by atoms with E-state index in [1.807, 2.05) is 16.8 Å². The lowest BCUT2D eigenvalue weighted by atomic mass is 10.0. The van der Waals surface area contributed by atoms with Crippen LogP contribution < -0.4 is 0 Å². The van der Waals surface area contributed by atoms with E-state index in [1.165, 1.54) is 0 Å². The molecule has 0 fully saturated rings. The van der Waals surface area contributed by atoms with Crippen LogP contribution in [0.1, 0.15) is 69.6 Å². The number of ether oxygens (including phenoxy) is 2. The first-order valence-corrected chi connectivity index (χ1v) is 13.0. The van der Waals surface area contributed by atoms with E-state index in [-0.39, 0.29) is 0 Å². The summed E-state index contributed by atoms with van der Waals surface area (Å²) in [7, 11) is 3.32. The Kier molecular flexibility index (Phi) is 9.08. The molecular weight excluding hydrogens is 468 g/mol. The fourth-order valence-corrected chi connectivity index (χ4v) is 4.40. The molecule has 1 N–H and O–H groups in total. The molecule has 0 saturated heterocycles. The van der Waals surface area contributed by atoms with E-state index in [1.54, 1.807) is 20.4 Å². The van der Waals surface area contributed by atoms with Crippen LogP contribution >= 0.6 is 0 Å². The van der Waals surface area contributed by atoms with Crippen LogP contribution in [-0.2, 0) is 28.2 Å². The maximum absolute atomic E-state index is 5.84. The first kappa shape index (κ1) is 26.6. The van der Waals surface area contributed by atoms with Crippen LogP contribution in [0.15, 0.2) is 42.6 Å². The van der Waals surface area contributed by atoms with Gasteiger partial charge in [-0.1, -0.05) is 57.4 Å². The summed E-state index contributed by atoms with van der Waals surface area (Å²) in [6.45, 7) is 5.16. The quantitative estimate of drug-likeness (QED) is 0.190. The predicted molar refractivity (Wildman–Crippen MR) is 140 cm³/mol. The Bertz CT molecular complexity index is 1230. The number of aromatic nitrogens is 8. The molecular formula is C27H36N8O2. The minimum Gasteiger partial charge on any atom is -0.347 e. The summed E-state index contributed by atoms with van der Waals surface area (Å²) >= 11 is 0. The summed E-state index contributed by atoms with van der Waals surface area (Å²) in [5.41, 5.74) is 3.74. The second-order valence-corrected chi connectivity index (χ2v) is 9.06. The van der Waals surface area contributed by atoms with Crippen molar-refractivity contribution in [2.45, 2.75) is 71.1 Å². The molecule has 3 aromatic heterocycles. The second-order valence-electron chi connectivity index (χ2n) is 9.06. The van der Waals surface area contributed by atoms with Gasteiger partial charge in [0, 0.05) is 50.9 Å². The van der Waals surface area contributed by atoms with Crippen molar-refractivity contribution in [2.75, 3.05) is 14.2 Å². The van der Waals surface area contributed by atoms with Crippen molar-refractivity contribution < 1.29 is 9.47 Å². The van der Waals surface area contributed by atoms with Gasteiger partial charge in [0.1, 0.15) is 5.82 Å². The van der Waals surface area contributed by atoms with Crippen molar-refractivity contribution in [3.05, 3.63) is 59.8 Å². The van der Waals surface area contributed by atoms with Crippen molar-refractivity contribution in [2.24, 2.45) is 0 Å². The molecule has 0 atom stereocenters. The van der Waals surface area contributed by atoms with Gasteiger partial charge in [-0.15, -0.1) is 10.2 Å². The largest absolute Gasteiger partial charge is 0.347 e. The van der Waals surface area contributed by atoms with Gasteiger partial charge >= 0.3 is 0 Å². The van der Waals surface area contributed by atoms with Crippen LogP contribution in [0.5, 0.6) is 0 Å². The van der Waals surface area contributed by atoms with Crippen LogP contribution in [0, 0.1) is 0 Å². The van der Waals surface area contributed by atoms with Crippen LogP contribution in [0.25, 0.3) is 22.6 Å². The number of hydrogen-bond acceptors (Lipinski definition) is 8. The normalized spacial score (nSPS) is 11.8. The Balaban J connectivity index is 1.61. The van der Waals surface area contributed by atoms with Gasteiger partial charge in [0.25, 0.3) is 0 Å². The van der Waals surface area contributed by atoms with Gasteiger partial charge in [-0.2, -0.15) is 10.3 Å². The highest BCUT2D eigenvalue weighted by Crippen LogP contribution is 2.31. The van der Waals surface area contributed by atoms with E-state index in [9.17, 15) is 0 Å². The number of tetrazole rings is 1. The van der Waals surface area contributed by atoms with Gasteiger partial charge in [-0.05, 0) is 35.8 Å². The van der Waals surface area contributed by atoms with Crippen LogP contribution in [-0.4, -0.2) is 54.6 Å². The number of H-pyrrole nitrogens is 1. The molecule has 0 radical (unpaired) electrons.